The van der Waals surface area contributed by atoms with E-state index in [0.29, 0.717) is 32.0 Å². The molecule has 116 valence electrons. The lowest BCUT2D eigenvalue weighted by atomic mass is 10.3. The number of benzene rings is 2. The van der Waals surface area contributed by atoms with E-state index in [1.54, 1.807) is 0 Å². The van der Waals surface area contributed by atoms with E-state index in [2.05, 4.69) is 20.3 Å². The van der Waals surface area contributed by atoms with Crippen LogP contribution in [-0.2, 0) is 14.7 Å². The molecule has 1 saturated heterocycles. The Morgan fingerprint density at radius 1 is 1.00 bits per heavy atom. The van der Waals surface area contributed by atoms with Crippen LogP contribution in [0.2, 0.25) is 0 Å². The normalized spacial score (nSPS) is 18.6. The van der Waals surface area contributed by atoms with Crippen LogP contribution in [0.4, 0.5) is 5.69 Å². The molecule has 2 aromatic carbocycles. The standard InChI is InChI=1S/C16H17BrN2O2S/c17-14-6-8-15(9-7-14)18-22(20,16-4-2-1-3-5-16)19-10-12-21-13-11-19/h1-9H,10-13H2. The van der Waals surface area contributed by atoms with Crippen LogP contribution in [0.25, 0.3) is 0 Å². The van der Waals surface area contributed by atoms with Gasteiger partial charge >= 0.3 is 0 Å². The molecule has 2 aromatic rings. The number of ether oxygens (including phenoxy) is 1. The molecule has 1 unspecified atom stereocenters. The van der Waals surface area contributed by atoms with Gasteiger partial charge in [0.2, 0.25) is 0 Å². The van der Waals surface area contributed by atoms with Gasteiger partial charge in [-0.3, -0.25) is 0 Å². The SMILES string of the molecule is O=S(=Nc1ccc(Br)cc1)(c1ccccc1)N1CCOCC1. The maximum atomic E-state index is 13.7. The Bertz CT molecular complexity index is 735. The fourth-order valence-corrected chi connectivity index (χ4v) is 4.64. The zero-order chi connectivity index (χ0) is 15.4. The molecule has 0 amide bonds. The maximum absolute atomic E-state index is 13.7. The lowest BCUT2D eigenvalue weighted by molar-refractivity contribution is 0.0745. The van der Waals surface area contributed by atoms with Gasteiger partial charge in [-0.1, -0.05) is 34.1 Å². The highest BCUT2D eigenvalue weighted by molar-refractivity contribution is 9.10. The van der Waals surface area contributed by atoms with Crippen molar-refractivity contribution in [2.24, 2.45) is 4.36 Å². The molecule has 6 heteroatoms. The molecule has 1 heterocycles. The van der Waals surface area contributed by atoms with Crippen LogP contribution in [-0.4, -0.2) is 34.8 Å². The summed E-state index contributed by atoms with van der Waals surface area (Å²) in [6.45, 7) is 2.40. The molecule has 0 spiro atoms. The second-order valence-corrected chi connectivity index (χ2v) is 8.00. The molecule has 0 saturated carbocycles. The van der Waals surface area contributed by atoms with Crippen LogP contribution >= 0.6 is 15.9 Å². The highest BCUT2D eigenvalue weighted by Crippen LogP contribution is 2.26. The first-order valence-electron chi connectivity index (χ1n) is 7.09. The van der Waals surface area contributed by atoms with E-state index in [4.69, 9.17) is 4.74 Å². The third-order valence-corrected chi connectivity index (χ3v) is 6.36. The summed E-state index contributed by atoms with van der Waals surface area (Å²) in [6, 6.07) is 17.0. The van der Waals surface area contributed by atoms with Gasteiger partial charge in [0, 0.05) is 17.6 Å². The molecule has 0 radical (unpaired) electrons. The second-order valence-electron chi connectivity index (χ2n) is 4.92. The fourth-order valence-electron chi connectivity index (χ4n) is 2.30. The highest BCUT2D eigenvalue weighted by Gasteiger charge is 2.24. The zero-order valence-electron chi connectivity index (χ0n) is 12.0. The van der Waals surface area contributed by atoms with Gasteiger partial charge in [-0.05, 0) is 36.4 Å². The van der Waals surface area contributed by atoms with Crippen molar-refractivity contribution < 1.29 is 8.95 Å². The molecule has 1 atom stereocenters. The van der Waals surface area contributed by atoms with E-state index in [9.17, 15) is 4.21 Å². The van der Waals surface area contributed by atoms with Gasteiger partial charge in [0.15, 0.2) is 0 Å². The van der Waals surface area contributed by atoms with Crippen LogP contribution in [0.3, 0.4) is 0 Å². The zero-order valence-corrected chi connectivity index (χ0v) is 14.4. The predicted molar refractivity (Wildman–Crippen MR) is 91.5 cm³/mol. The first-order valence-corrected chi connectivity index (χ1v) is 9.36. The molecule has 1 aliphatic heterocycles. The van der Waals surface area contributed by atoms with Gasteiger partial charge in [0.25, 0.3) is 0 Å². The lowest BCUT2D eigenvalue weighted by Crippen LogP contribution is -2.40. The number of rotatable bonds is 3. The van der Waals surface area contributed by atoms with Crippen LogP contribution in [0.15, 0.2) is 68.3 Å². The Morgan fingerprint density at radius 2 is 1.64 bits per heavy atom. The molecular formula is C16H17BrN2O2S. The quantitative estimate of drug-likeness (QED) is 0.811. The minimum atomic E-state index is -2.67. The van der Waals surface area contributed by atoms with Gasteiger partial charge in [-0.25, -0.2) is 8.51 Å². The summed E-state index contributed by atoms with van der Waals surface area (Å²) >= 11 is 3.41. The van der Waals surface area contributed by atoms with Crippen molar-refractivity contribution >= 4 is 31.5 Å². The van der Waals surface area contributed by atoms with Gasteiger partial charge in [0.1, 0.15) is 9.92 Å². The van der Waals surface area contributed by atoms with Crippen LogP contribution in [0.5, 0.6) is 0 Å². The molecule has 1 fully saturated rings. The number of halogens is 1. The number of morpholine rings is 1. The fraction of sp³-hybridized carbons (Fsp3) is 0.250. The lowest BCUT2D eigenvalue weighted by Gasteiger charge is -2.29. The number of hydrogen-bond donors (Lipinski definition) is 0. The third kappa shape index (κ3) is 3.41. The molecule has 0 aliphatic carbocycles. The van der Waals surface area contributed by atoms with Crippen LogP contribution < -0.4 is 0 Å². The maximum Gasteiger partial charge on any atom is 0.144 e. The van der Waals surface area contributed by atoms with Gasteiger partial charge in [-0.2, -0.15) is 4.36 Å². The van der Waals surface area contributed by atoms with Crippen LogP contribution in [0.1, 0.15) is 0 Å². The summed E-state index contributed by atoms with van der Waals surface area (Å²) in [5.74, 6) is 0. The number of nitrogens with zero attached hydrogens (tertiary/aromatic N) is 2. The van der Waals surface area contributed by atoms with E-state index in [1.807, 2.05) is 58.9 Å². The van der Waals surface area contributed by atoms with Crippen LogP contribution in [0, 0.1) is 0 Å². The molecule has 22 heavy (non-hydrogen) atoms. The summed E-state index contributed by atoms with van der Waals surface area (Å²) in [5.41, 5.74) is 0.712. The smallest absolute Gasteiger partial charge is 0.144 e. The van der Waals surface area contributed by atoms with Crippen molar-refractivity contribution in [2.75, 3.05) is 26.3 Å². The van der Waals surface area contributed by atoms with E-state index >= 15 is 0 Å². The molecular weight excluding hydrogens is 364 g/mol. The van der Waals surface area contributed by atoms with Crippen molar-refractivity contribution in [2.45, 2.75) is 4.90 Å². The van der Waals surface area contributed by atoms with Crippen molar-refractivity contribution in [3.63, 3.8) is 0 Å². The monoisotopic (exact) mass is 380 g/mol. The topological polar surface area (TPSA) is 41.9 Å². The van der Waals surface area contributed by atoms with E-state index < -0.39 is 9.92 Å². The largest absolute Gasteiger partial charge is 0.379 e. The summed E-state index contributed by atoms with van der Waals surface area (Å²) < 4.78 is 26.6. The van der Waals surface area contributed by atoms with Crippen molar-refractivity contribution in [3.8, 4) is 0 Å². The Kier molecular flexibility index (Phi) is 4.93. The van der Waals surface area contributed by atoms with Gasteiger partial charge in [-0.15, -0.1) is 0 Å². The molecule has 0 bridgehead atoms. The summed E-state index contributed by atoms with van der Waals surface area (Å²) in [7, 11) is -2.67. The summed E-state index contributed by atoms with van der Waals surface area (Å²) in [5, 5.41) is 0. The molecule has 4 nitrogen and oxygen atoms in total. The average molecular weight is 381 g/mol. The Labute approximate surface area is 139 Å². The highest BCUT2D eigenvalue weighted by atomic mass is 79.9. The molecule has 0 N–H and O–H groups in total. The molecule has 3 rings (SSSR count). The van der Waals surface area contributed by atoms with Crippen molar-refractivity contribution in [1.29, 1.82) is 0 Å². The Morgan fingerprint density at radius 3 is 2.27 bits per heavy atom. The predicted octanol–water partition coefficient (Wildman–Crippen LogP) is 3.85. The molecule has 0 aromatic heterocycles. The first kappa shape index (κ1) is 15.7. The Hall–Kier alpha value is -1.21. The summed E-state index contributed by atoms with van der Waals surface area (Å²) in [6.07, 6.45) is 0. The van der Waals surface area contributed by atoms with E-state index in [0.717, 1.165) is 9.37 Å². The van der Waals surface area contributed by atoms with E-state index in [-0.39, 0.29) is 0 Å². The average Bonchev–Trinajstić information content (AvgIpc) is 2.58. The minimum Gasteiger partial charge on any atom is -0.379 e. The van der Waals surface area contributed by atoms with Crippen molar-refractivity contribution in [1.82, 2.24) is 4.31 Å². The second kappa shape index (κ2) is 6.91. The Balaban J connectivity index is 2.10. The van der Waals surface area contributed by atoms with Gasteiger partial charge < -0.3 is 4.74 Å². The van der Waals surface area contributed by atoms with Crippen molar-refractivity contribution in [3.05, 3.63) is 59.1 Å². The molecule has 1 aliphatic rings. The summed E-state index contributed by atoms with van der Waals surface area (Å²) in [4.78, 5) is 0.736. The van der Waals surface area contributed by atoms with Gasteiger partial charge in [0.05, 0.1) is 23.8 Å². The van der Waals surface area contributed by atoms with E-state index in [1.165, 1.54) is 0 Å². The third-order valence-electron chi connectivity index (χ3n) is 3.43. The number of hydrogen-bond acceptors (Lipinski definition) is 3. The minimum absolute atomic E-state index is 0.583. The first-order chi connectivity index (χ1) is 10.7.